The van der Waals surface area contributed by atoms with E-state index in [4.69, 9.17) is 9.47 Å². The predicted octanol–water partition coefficient (Wildman–Crippen LogP) is 1.92. The highest BCUT2D eigenvalue weighted by Crippen LogP contribution is 2.33. The van der Waals surface area contributed by atoms with Gasteiger partial charge in [0.1, 0.15) is 0 Å². The molecule has 0 heterocycles. The van der Waals surface area contributed by atoms with Crippen molar-refractivity contribution >= 4 is 11.9 Å². The molecule has 116 valence electrons. The van der Waals surface area contributed by atoms with Crippen molar-refractivity contribution in [1.82, 2.24) is 0 Å². The van der Waals surface area contributed by atoms with E-state index < -0.39 is 24.0 Å². The molecule has 0 spiro atoms. The van der Waals surface area contributed by atoms with E-state index >= 15 is 0 Å². The first kappa shape index (κ1) is 17.0. The second-order valence-corrected chi connectivity index (χ2v) is 5.49. The fourth-order valence-corrected chi connectivity index (χ4v) is 2.74. The number of carbonyl (C=O) groups is 2. The van der Waals surface area contributed by atoms with E-state index in [1.165, 1.54) is 0 Å². The van der Waals surface area contributed by atoms with Crippen molar-refractivity contribution in [2.24, 2.45) is 17.8 Å². The second kappa shape index (κ2) is 8.25. The Morgan fingerprint density at radius 2 is 1.50 bits per heavy atom. The van der Waals surface area contributed by atoms with Crippen LogP contribution in [0.5, 0.6) is 0 Å². The molecule has 1 aliphatic carbocycles. The molecule has 1 unspecified atom stereocenters. The van der Waals surface area contributed by atoms with Crippen LogP contribution < -0.4 is 0 Å². The summed E-state index contributed by atoms with van der Waals surface area (Å²) in [4.78, 5) is 23.8. The molecule has 0 saturated heterocycles. The van der Waals surface area contributed by atoms with Gasteiger partial charge < -0.3 is 14.6 Å². The first-order chi connectivity index (χ1) is 9.51. The average molecular weight is 286 g/mol. The van der Waals surface area contributed by atoms with Crippen LogP contribution in [0.2, 0.25) is 0 Å². The Morgan fingerprint density at radius 3 is 1.90 bits per heavy atom. The summed E-state index contributed by atoms with van der Waals surface area (Å²) >= 11 is 0. The summed E-state index contributed by atoms with van der Waals surface area (Å²) in [6.07, 6.45) is 2.68. The highest BCUT2D eigenvalue weighted by molar-refractivity contribution is 5.95. The number of carbonyl (C=O) groups excluding carboxylic acids is 2. The van der Waals surface area contributed by atoms with Crippen LogP contribution in [0.4, 0.5) is 0 Å². The lowest BCUT2D eigenvalue weighted by Crippen LogP contribution is -2.42. The SMILES string of the molecule is CCOC(=O)C(C(=O)OCC)C(O)C1CCC(C)CC1. The largest absolute Gasteiger partial charge is 0.465 e. The fraction of sp³-hybridized carbons (Fsp3) is 0.867. The van der Waals surface area contributed by atoms with Gasteiger partial charge in [0.15, 0.2) is 5.92 Å². The highest BCUT2D eigenvalue weighted by Gasteiger charge is 2.41. The molecule has 1 aliphatic rings. The fourth-order valence-electron chi connectivity index (χ4n) is 2.74. The van der Waals surface area contributed by atoms with E-state index in [1.807, 2.05) is 0 Å². The van der Waals surface area contributed by atoms with E-state index in [0.29, 0.717) is 5.92 Å². The van der Waals surface area contributed by atoms with E-state index in [9.17, 15) is 14.7 Å². The predicted molar refractivity (Wildman–Crippen MR) is 73.9 cm³/mol. The maximum atomic E-state index is 11.9. The zero-order chi connectivity index (χ0) is 15.1. The van der Waals surface area contributed by atoms with Crippen molar-refractivity contribution < 1.29 is 24.2 Å². The Labute approximate surface area is 120 Å². The summed E-state index contributed by atoms with van der Waals surface area (Å²) in [6, 6.07) is 0. The number of rotatable bonds is 6. The van der Waals surface area contributed by atoms with Crippen molar-refractivity contribution in [3.8, 4) is 0 Å². The van der Waals surface area contributed by atoms with Gasteiger partial charge in [0.25, 0.3) is 0 Å². The van der Waals surface area contributed by atoms with Crippen LogP contribution in [0.3, 0.4) is 0 Å². The summed E-state index contributed by atoms with van der Waals surface area (Å²) in [5, 5.41) is 10.4. The summed E-state index contributed by atoms with van der Waals surface area (Å²) in [5.41, 5.74) is 0. The molecular formula is C15H26O5. The summed E-state index contributed by atoms with van der Waals surface area (Å²) in [6.45, 7) is 5.90. The van der Waals surface area contributed by atoms with Crippen molar-refractivity contribution in [1.29, 1.82) is 0 Å². The van der Waals surface area contributed by atoms with Crippen LogP contribution in [0.1, 0.15) is 46.5 Å². The molecule has 1 rings (SSSR count). The lowest BCUT2D eigenvalue weighted by molar-refractivity contribution is -0.169. The molecule has 0 aliphatic heterocycles. The maximum absolute atomic E-state index is 11.9. The zero-order valence-electron chi connectivity index (χ0n) is 12.6. The maximum Gasteiger partial charge on any atom is 0.323 e. The number of hydrogen-bond acceptors (Lipinski definition) is 5. The van der Waals surface area contributed by atoms with E-state index in [2.05, 4.69) is 6.92 Å². The van der Waals surface area contributed by atoms with Crippen molar-refractivity contribution in [2.75, 3.05) is 13.2 Å². The summed E-state index contributed by atoms with van der Waals surface area (Å²) < 4.78 is 9.81. The van der Waals surface area contributed by atoms with E-state index in [0.717, 1.165) is 25.7 Å². The van der Waals surface area contributed by atoms with Gasteiger partial charge in [0.05, 0.1) is 19.3 Å². The van der Waals surface area contributed by atoms with Crippen molar-refractivity contribution in [2.45, 2.75) is 52.6 Å². The van der Waals surface area contributed by atoms with E-state index in [1.54, 1.807) is 13.8 Å². The van der Waals surface area contributed by atoms with Crippen molar-refractivity contribution in [3.05, 3.63) is 0 Å². The number of aliphatic hydroxyl groups excluding tert-OH is 1. The topological polar surface area (TPSA) is 72.8 Å². The Bertz CT molecular complexity index is 302. The third-order valence-electron chi connectivity index (χ3n) is 3.97. The Hall–Kier alpha value is -1.10. The van der Waals surface area contributed by atoms with Gasteiger partial charge in [-0.2, -0.15) is 0 Å². The summed E-state index contributed by atoms with van der Waals surface area (Å²) in [7, 11) is 0. The lowest BCUT2D eigenvalue weighted by Gasteiger charge is -2.32. The molecule has 0 aromatic heterocycles. The number of esters is 2. The van der Waals surface area contributed by atoms with E-state index in [-0.39, 0.29) is 19.1 Å². The molecule has 0 aromatic carbocycles. The van der Waals surface area contributed by atoms with Gasteiger partial charge in [0.2, 0.25) is 0 Å². The molecule has 5 heteroatoms. The minimum Gasteiger partial charge on any atom is -0.465 e. The first-order valence-corrected chi connectivity index (χ1v) is 7.52. The lowest BCUT2D eigenvalue weighted by atomic mass is 9.77. The van der Waals surface area contributed by atoms with Gasteiger partial charge in [-0.3, -0.25) is 9.59 Å². The molecule has 1 fully saturated rings. The molecule has 0 aromatic rings. The van der Waals surface area contributed by atoms with Gasteiger partial charge in [0, 0.05) is 0 Å². The molecule has 0 amide bonds. The van der Waals surface area contributed by atoms with Gasteiger partial charge >= 0.3 is 11.9 Å². The molecule has 5 nitrogen and oxygen atoms in total. The Morgan fingerprint density at radius 1 is 1.05 bits per heavy atom. The third-order valence-corrected chi connectivity index (χ3v) is 3.97. The summed E-state index contributed by atoms with van der Waals surface area (Å²) in [5.74, 6) is -1.98. The molecule has 20 heavy (non-hydrogen) atoms. The molecule has 1 N–H and O–H groups in total. The number of ether oxygens (including phenoxy) is 2. The molecule has 0 bridgehead atoms. The van der Waals surface area contributed by atoms with Crippen LogP contribution in [0.25, 0.3) is 0 Å². The average Bonchev–Trinajstić information content (AvgIpc) is 2.40. The quantitative estimate of drug-likeness (QED) is 0.596. The van der Waals surface area contributed by atoms with Gasteiger partial charge in [-0.25, -0.2) is 0 Å². The normalized spacial score (nSPS) is 24.2. The number of aliphatic hydroxyl groups is 1. The molecule has 1 atom stereocenters. The minimum atomic E-state index is -1.21. The third kappa shape index (κ3) is 4.47. The molecule has 0 radical (unpaired) electrons. The molecule has 1 saturated carbocycles. The van der Waals surface area contributed by atoms with Gasteiger partial charge in [-0.15, -0.1) is 0 Å². The van der Waals surface area contributed by atoms with Crippen LogP contribution in [-0.2, 0) is 19.1 Å². The molecular weight excluding hydrogens is 260 g/mol. The smallest absolute Gasteiger partial charge is 0.323 e. The highest BCUT2D eigenvalue weighted by atomic mass is 16.6. The first-order valence-electron chi connectivity index (χ1n) is 7.52. The standard InChI is InChI=1S/C15H26O5/c1-4-19-14(17)12(15(18)20-5-2)13(16)11-8-6-10(3)7-9-11/h10-13,16H,4-9H2,1-3H3. The Kier molecular flexibility index (Phi) is 6.99. The van der Waals surface area contributed by atoms with Crippen molar-refractivity contribution in [3.63, 3.8) is 0 Å². The zero-order valence-corrected chi connectivity index (χ0v) is 12.6. The van der Waals surface area contributed by atoms with Crippen LogP contribution in [0.15, 0.2) is 0 Å². The second-order valence-electron chi connectivity index (χ2n) is 5.49. The minimum absolute atomic E-state index is 0.0370. The Balaban J connectivity index is 2.75. The monoisotopic (exact) mass is 286 g/mol. The van der Waals surface area contributed by atoms with Gasteiger partial charge in [-0.05, 0) is 38.5 Å². The number of hydrogen-bond donors (Lipinski definition) is 1. The van der Waals surface area contributed by atoms with Crippen LogP contribution in [0, 0.1) is 17.8 Å². The van der Waals surface area contributed by atoms with Crippen LogP contribution in [-0.4, -0.2) is 36.4 Å². The van der Waals surface area contributed by atoms with Gasteiger partial charge in [-0.1, -0.05) is 19.8 Å². The van der Waals surface area contributed by atoms with Crippen LogP contribution >= 0.6 is 0 Å².